The van der Waals surface area contributed by atoms with Crippen molar-refractivity contribution in [3.8, 4) is 23.0 Å². The number of hydrogen-bond acceptors (Lipinski definition) is 5. The molecule has 5 nitrogen and oxygen atoms in total. The Kier molecular flexibility index (Phi) is 2.92. The van der Waals surface area contributed by atoms with Crippen LogP contribution in [-0.2, 0) is 4.79 Å². The van der Waals surface area contributed by atoms with E-state index >= 15 is 0 Å². The third-order valence-corrected chi connectivity index (χ3v) is 3.99. The van der Waals surface area contributed by atoms with E-state index in [1.54, 1.807) is 13.2 Å². The molecule has 112 valence electrons. The van der Waals surface area contributed by atoms with E-state index in [0.717, 1.165) is 16.9 Å². The summed E-state index contributed by atoms with van der Waals surface area (Å²) in [6, 6.07) is 11.3. The maximum absolute atomic E-state index is 12.0. The molecule has 22 heavy (non-hydrogen) atoms. The largest absolute Gasteiger partial charge is 0.496 e. The lowest BCUT2D eigenvalue weighted by Crippen LogP contribution is -2.21. The second-order valence-electron chi connectivity index (χ2n) is 5.22. The molecular formula is C17H14O5. The van der Waals surface area contributed by atoms with Crippen molar-refractivity contribution in [1.82, 2.24) is 0 Å². The average molecular weight is 298 g/mol. The van der Waals surface area contributed by atoms with Gasteiger partial charge in [0.05, 0.1) is 13.5 Å². The molecule has 0 aromatic heterocycles. The summed E-state index contributed by atoms with van der Waals surface area (Å²) in [6.45, 7) is 0.186. The van der Waals surface area contributed by atoms with Gasteiger partial charge < -0.3 is 18.9 Å². The molecule has 4 rings (SSSR count). The Labute approximate surface area is 127 Å². The molecule has 0 bridgehead atoms. The minimum Gasteiger partial charge on any atom is -0.496 e. The molecule has 2 aliphatic rings. The number of carbonyl (C=O) groups is 1. The van der Waals surface area contributed by atoms with Crippen molar-refractivity contribution in [2.24, 2.45) is 0 Å². The first kappa shape index (κ1) is 13.0. The smallest absolute Gasteiger partial charge is 0.312 e. The van der Waals surface area contributed by atoms with Gasteiger partial charge in [-0.3, -0.25) is 4.79 Å². The van der Waals surface area contributed by atoms with Crippen LogP contribution in [0.4, 0.5) is 0 Å². The summed E-state index contributed by atoms with van der Waals surface area (Å²) in [5.74, 6) is 2.18. The Morgan fingerprint density at radius 3 is 2.64 bits per heavy atom. The van der Waals surface area contributed by atoms with E-state index in [1.165, 1.54) is 0 Å². The Hall–Kier alpha value is -2.69. The molecule has 2 aromatic rings. The fraction of sp³-hybridized carbons (Fsp3) is 0.235. The monoisotopic (exact) mass is 298 g/mol. The SMILES string of the molecule is COc1ccccc1C1CC(=O)Oc2cc3c(cc21)OCO3. The predicted octanol–water partition coefficient (Wildman–Crippen LogP) is 2.86. The van der Waals surface area contributed by atoms with Gasteiger partial charge in [0.15, 0.2) is 11.5 Å². The first-order chi connectivity index (χ1) is 10.8. The Bertz CT molecular complexity index is 753. The number of carbonyl (C=O) groups excluding carboxylic acids is 1. The molecule has 2 aromatic carbocycles. The fourth-order valence-electron chi connectivity index (χ4n) is 2.97. The number of esters is 1. The first-order valence-electron chi connectivity index (χ1n) is 7.03. The van der Waals surface area contributed by atoms with E-state index in [9.17, 15) is 4.79 Å². The zero-order chi connectivity index (χ0) is 15.1. The summed E-state index contributed by atoms with van der Waals surface area (Å²) in [4.78, 5) is 12.0. The maximum atomic E-state index is 12.0. The zero-order valence-corrected chi connectivity index (χ0v) is 12.0. The highest BCUT2D eigenvalue weighted by Gasteiger charge is 2.32. The topological polar surface area (TPSA) is 54.0 Å². The minimum absolute atomic E-state index is 0.123. The van der Waals surface area contributed by atoms with Crippen LogP contribution in [0.15, 0.2) is 36.4 Å². The van der Waals surface area contributed by atoms with Crippen molar-refractivity contribution in [2.75, 3.05) is 13.9 Å². The number of methoxy groups -OCH3 is 1. The van der Waals surface area contributed by atoms with Crippen LogP contribution < -0.4 is 18.9 Å². The maximum Gasteiger partial charge on any atom is 0.312 e. The van der Waals surface area contributed by atoms with E-state index in [0.29, 0.717) is 17.2 Å². The predicted molar refractivity (Wildman–Crippen MR) is 77.7 cm³/mol. The lowest BCUT2D eigenvalue weighted by Gasteiger charge is -2.26. The van der Waals surface area contributed by atoms with Gasteiger partial charge in [0.1, 0.15) is 11.5 Å². The molecule has 5 heteroatoms. The van der Waals surface area contributed by atoms with Crippen molar-refractivity contribution in [2.45, 2.75) is 12.3 Å². The Morgan fingerprint density at radius 2 is 1.82 bits per heavy atom. The second-order valence-corrected chi connectivity index (χ2v) is 5.22. The third kappa shape index (κ3) is 1.97. The normalized spacial score (nSPS) is 18.6. The van der Waals surface area contributed by atoms with E-state index in [2.05, 4.69) is 0 Å². The van der Waals surface area contributed by atoms with Gasteiger partial charge in [0.2, 0.25) is 6.79 Å². The zero-order valence-electron chi connectivity index (χ0n) is 12.0. The van der Waals surface area contributed by atoms with Crippen LogP contribution >= 0.6 is 0 Å². The minimum atomic E-state index is -0.262. The molecule has 0 aliphatic carbocycles. The van der Waals surface area contributed by atoms with Crippen molar-refractivity contribution < 1.29 is 23.7 Å². The van der Waals surface area contributed by atoms with Crippen LogP contribution in [0.5, 0.6) is 23.0 Å². The molecule has 0 amide bonds. The van der Waals surface area contributed by atoms with Crippen LogP contribution in [0, 0.1) is 0 Å². The summed E-state index contributed by atoms with van der Waals surface area (Å²) in [6.07, 6.45) is 0.271. The highest BCUT2D eigenvalue weighted by Crippen LogP contribution is 2.47. The van der Waals surface area contributed by atoms with Gasteiger partial charge in [0, 0.05) is 23.1 Å². The quantitative estimate of drug-likeness (QED) is 0.630. The molecule has 0 fully saturated rings. The summed E-state index contributed by atoms with van der Waals surface area (Å²) in [5, 5.41) is 0. The molecule has 0 saturated carbocycles. The number of hydrogen-bond donors (Lipinski definition) is 0. The first-order valence-corrected chi connectivity index (χ1v) is 7.03. The molecule has 0 N–H and O–H groups in total. The standard InChI is InChI=1S/C17H14O5/c1-19-13-5-3-2-4-10(13)11-7-17(18)22-14-8-16-15(6-12(11)14)20-9-21-16/h2-6,8,11H,7,9H2,1H3. The van der Waals surface area contributed by atoms with Crippen molar-refractivity contribution in [3.63, 3.8) is 0 Å². The Balaban J connectivity index is 1.87. The molecule has 0 spiro atoms. The van der Waals surface area contributed by atoms with E-state index < -0.39 is 0 Å². The van der Waals surface area contributed by atoms with E-state index in [-0.39, 0.29) is 25.1 Å². The summed E-state index contributed by atoms with van der Waals surface area (Å²) >= 11 is 0. The molecule has 0 radical (unpaired) electrons. The molecule has 0 saturated heterocycles. The summed E-state index contributed by atoms with van der Waals surface area (Å²) in [7, 11) is 1.63. The van der Waals surface area contributed by atoms with Crippen LogP contribution in [-0.4, -0.2) is 19.9 Å². The molecular weight excluding hydrogens is 284 g/mol. The highest BCUT2D eigenvalue weighted by molar-refractivity contribution is 5.79. The number of para-hydroxylation sites is 1. The van der Waals surface area contributed by atoms with Crippen molar-refractivity contribution in [3.05, 3.63) is 47.5 Å². The second kappa shape index (κ2) is 4.94. The summed E-state index contributed by atoms with van der Waals surface area (Å²) in [5.41, 5.74) is 1.87. The highest BCUT2D eigenvalue weighted by atomic mass is 16.7. The van der Waals surface area contributed by atoms with Crippen molar-refractivity contribution in [1.29, 1.82) is 0 Å². The van der Waals surface area contributed by atoms with Gasteiger partial charge in [0.25, 0.3) is 0 Å². The van der Waals surface area contributed by atoms with Crippen LogP contribution in [0.2, 0.25) is 0 Å². The van der Waals surface area contributed by atoms with Crippen LogP contribution in [0.3, 0.4) is 0 Å². The van der Waals surface area contributed by atoms with Gasteiger partial charge in [-0.15, -0.1) is 0 Å². The number of rotatable bonds is 2. The van der Waals surface area contributed by atoms with Gasteiger partial charge in [-0.2, -0.15) is 0 Å². The molecule has 2 heterocycles. The van der Waals surface area contributed by atoms with Gasteiger partial charge in [-0.05, 0) is 12.1 Å². The lowest BCUT2D eigenvalue weighted by molar-refractivity contribution is -0.135. The van der Waals surface area contributed by atoms with Gasteiger partial charge in [-0.25, -0.2) is 0 Å². The lowest BCUT2D eigenvalue weighted by atomic mass is 9.85. The Morgan fingerprint density at radius 1 is 1.05 bits per heavy atom. The van der Waals surface area contributed by atoms with Crippen molar-refractivity contribution >= 4 is 5.97 Å². The van der Waals surface area contributed by atoms with Crippen LogP contribution in [0.25, 0.3) is 0 Å². The number of fused-ring (bicyclic) bond motifs is 2. The number of ether oxygens (including phenoxy) is 4. The molecule has 2 aliphatic heterocycles. The number of benzene rings is 2. The molecule has 1 unspecified atom stereocenters. The third-order valence-electron chi connectivity index (χ3n) is 3.99. The van der Waals surface area contributed by atoms with Gasteiger partial charge >= 0.3 is 5.97 Å². The van der Waals surface area contributed by atoms with Gasteiger partial charge in [-0.1, -0.05) is 18.2 Å². The fourth-order valence-corrected chi connectivity index (χ4v) is 2.97. The molecule has 1 atom stereocenters. The van der Waals surface area contributed by atoms with Crippen LogP contribution in [0.1, 0.15) is 23.5 Å². The summed E-state index contributed by atoms with van der Waals surface area (Å²) < 4.78 is 21.6. The average Bonchev–Trinajstić information content (AvgIpc) is 2.99. The van der Waals surface area contributed by atoms with E-state index in [4.69, 9.17) is 18.9 Å². The van der Waals surface area contributed by atoms with E-state index in [1.807, 2.05) is 30.3 Å².